The minimum Gasteiger partial charge on any atom is -0.489 e. The van der Waals surface area contributed by atoms with Crippen LogP contribution in [0.15, 0.2) is 54.6 Å². The number of hydrogen-bond acceptors (Lipinski definition) is 5. The predicted octanol–water partition coefficient (Wildman–Crippen LogP) is 3.63. The van der Waals surface area contributed by atoms with E-state index in [1.807, 2.05) is 68.4 Å². The minimum absolute atomic E-state index is 0.141. The van der Waals surface area contributed by atoms with Gasteiger partial charge in [-0.3, -0.25) is 19.7 Å². The van der Waals surface area contributed by atoms with Crippen LogP contribution in [0.3, 0.4) is 0 Å². The Morgan fingerprint density at radius 3 is 2.38 bits per heavy atom. The van der Waals surface area contributed by atoms with E-state index in [4.69, 9.17) is 4.74 Å². The molecule has 0 fully saturated rings. The van der Waals surface area contributed by atoms with Crippen molar-refractivity contribution in [1.82, 2.24) is 20.9 Å². The molecule has 1 heterocycles. The number of carbonyl (C=O) groups is 3. The molecule has 8 nitrogen and oxygen atoms in total. The molecule has 218 valence electrons. The molecule has 0 saturated carbocycles. The molecule has 0 bridgehead atoms. The van der Waals surface area contributed by atoms with Crippen LogP contribution >= 0.6 is 0 Å². The van der Waals surface area contributed by atoms with E-state index < -0.39 is 17.6 Å². The summed E-state index contributed by atoms with van der Waals surface area (Å²) in [5, 5.41) is 9.46. The molecule has 3 N–H and O–H groups in total. The second-order valence-corrected chi connectivity index (χ2v) is 10.8. The second-order valence-electron chi connectivity index (χ2n) is 10.8. The number of fused-ring (bicyclic) bond motifs is 1. The van der Waals surface area contributed by atoms with Gasteiger partial charge in [-0.1, -0.05) is 68.8 Å². The molecule has 0 saturated heterocycles. The summed E-state index contributed by atoms with van der Waals surface area (Å²) in [6.07, 6.45) is 3.64. The van der Waals surface area contributed by atoms with E-state index in [9.17, 15) is 14.4 Å². The summed E-state index contributed by atoms with van der Waals surface area (Å²) in [6.45, 7) is 8.69. The van der Waals surface area contributed by atoms with Crippen LogP contribution in [-0.4, -0.2) is 66.5 Å². The van der Waals surface area contributed by atoms with Crippen molar-refractivity contribution >= 4 is 17.7 Å². The van der Waals surface area contributed by atoms with Crippen molar-refractivity contribution in [2.24, 2.45) is 0 Å². The Bertz CT molecular complexity index is 1120. The molecule has 0 aliphatic carbocycles. The molecule has 8 heteroatoms. The number of rotatable bonds is 5. The van der Waals surface area contributed by atoms with Gasteiger partial charge >= 0.3 is 0 Å². The van der Waals surface area contributed by atoms with Gasteiger partial charge < -0.3 is 20.3 Å². The number of nitrogens with one attached hydrogen (secondary N) is 3. The van der Waals surface area contributed by atoms with Crippen molar-refractivity contribution in [3.63, 3.8) is 0 Å². The highest BCUT2D eigenvalue weighted by Gasteiger charge is 2.40. The SMILES string of the molecule is CCCC1(CC)NC[C@@H](C)Oc2ccccc2CCCNC(=O)[C@@H](Cc2ccccc2)NC(=O)[C@@H](C)N(C)C1=O. The van der Waals surface area contributed by atoms with Crippen LogP contribution in [-0.2, 0) is 27.2 Å². The average molecular weight is 551 g/mol. The summed E-state index contributed by atoms with van der Waals surface area (Å²) in [7, 11) is 1.66. The van der Waals surface area contributed by atoms with Crippen LogP contribution in [0, 0.1) is 0 Å². The first kappa shape index (κ1) is 31.1. The fraction of sp³-hybridized carbons (Fsp3) is 0.531. The summed E-state index contributed by atoms with van der Waals surface area (Å²) < 4.78 is 6.32. The molecule has 0 spiro atoms. The summed E-state index contributed by atoms with van der Waals surface area (Å²) in [6, 6.07) is 16.0. The maximum absolute atomic E-state index is 13.9. The molecule has 2 aromatic rings. The predicted molar refractivity (Wildman–Crippen MR) is 158 cm³/mol. The third kappa shape index (κ3) is 8.07. The first-order valence-corrected chi connectivity index (χ1v) is 14.6. The van der Waals surface area contributed by atoms with E-state index in [0.29, 0.717) is 32.4 Å². The van der Waals surface area contributed by atoms with E-state index in [1.54, 1.807) is 14.0 Å². The molecule has 0 radical (unpaired) electrons. The van der Waals surface area contributed by atoms with Crippen LogP contribution in [0.1, 0.15) is 64.5 Å². The van der Waals surface area contributed by atoms with E-state index in [1.165, 1.54) is 4.90 Å². The molecule has 3 rings (SSSR count). The summed E-state index contributed by atoms with van der Waals surface area (Å²) >= 11 is 0. The number of aryl methyl sites for hydroxylation is 1. The maximum Gasteiger partial charge on any atom is 0.243 e. The monoisotopic (exact) mass is 550 g/mol. The lowest BCUT2D eigenvalue weighted by molar-refractivity contribution is -0.144. The molecule has 40 heavy (non-hydrogen) atoms. The first-order valence-electron chi connectivity index (χ1n) is 14.6. The van der Waals surface area contributed by atoms with Crippen molar-refractivity contribution in [1.29, 1.82) is 0 Å². The fourth-order valence-electron chi connectivity index (χ4n) is 5.23. The third-order valence-corrected chi connectivity index (χ3v) is 7.84. The van der Waals surface area contributed by atoms with Gasteiger partial charge in [0.25, 0.3) is 0 Å². The lowest BCUT2D eigenvalue weighted by Crippen LogP contribution is -2.62. The van der Waals surface area contributed by atoms with Gasteiger partial charge in [0.2, 0.25) is 17.7 Å². The van der Waals surface area contributed by atoms with Gasteiger partial charge in [-0.05, 0) is 56.7 Å². The highest BCUT2D eigenvalue weighted by atomic mass is 16.5. The molecule has 1 unspecified atom stereocenters. The molecule has 4 atom stereocenters. The fourth-order valence-corrected chi connectivity index (χ4v) is 5.23. The third-order valence-electron chi connectivity index (χ3n) is 7.84. The Balaban J connectivity index is 1.92. The van der Waals surface area contributed by atoms with Crippen molar-refractivity contribution in [2.75, 3.05) is 20.1 Å². The maximum atomic E-state index is 13.9. The van der Waals surface area contributed by atoms with Gasteiger partial charge in [0.05, 0.1) is 5.54 Å². The van der Waals surface area contributed by atoms with Crippen LogP contribution < -0.4 is 20.7 Å². The molecule has 3 amide bonds. The molecule has 1 aliphatic rings. The highest BCUT2D eigenvalue weighted by Crippen LogP contribution is 2.24. The van der Waals surface area contributed by atoms with Gasteiger partial charge in [0, 0.05) is 26.6 Å². The Morgan fingerprint density at radius 1 is 0.975 bits per heavy atom. The van der Waals surface area contributed by atoms with E-state index in [0.717, 1.165) is 36.1 Å². The van der Waals surface area contributed by atoms with E-state index in [2.05, 4.69) is 22.9 Å². The van der Waals surface area contributed by atoms with Crippen LogP contribution in [0.5, 0.6) is 5.75 Å². The Hall–Kier alpha value is -3.39. The standard InChI is InChI=1S/C32H46N4O4/c1-6-19-32(7-2)31(39)36(5)24(4)29(37)35-27(21-25-14-9-8-10-15-25)30(38)33-20-13-17-26-16-11-12-18-28(26)40-23(3)22-34-32/h8-12,14-16,18,23-24,27,34H,6-7,13,17,19-22H2,1-5H3,(H,33,38)(H,35,37)/t23-,24-,27-,32?/m1/s1. The van der Waals surface area contributed by atoms with Gasteiger partial charge in [-0.15, -0.1) is 0 Å². The zero-order chi connectivity index (χ0) is 29.1. The second kappa shape index (κ2) is 14.8. The molecule has 2 aromatic carbocycles. The zero-order valence-electron chi connectivity index (χ0n) is 24.7. The largest absolute Gasteiger partial charge is 0.489 e. The summed E-state index contributed by atoms with van der Waals surface area (Å²) in [5.41, 5.74) is 1.18. The number of benzene rings is 2. The number of amides is 3. The molecular formula is C32H46N4O4. The Morgan fingerprint density at radius 2 is 1.68 bits per heavy atom. The Kier molecular flexibility index (Phi) is 11.6. The average Bonchev–Trinajstić information content (AvgIpc) is 2.96. The number of carbonyl (C=O) groups excluding carboxylic acids is 3. The quantitative estimate of drug-likeness (QED) is 0.528. The molecule has 1 aliphatic heterocycles. The number of ether oxygens (including phenoxy) is 1. The lowest BCUT2D eigenvalue weighted by Gasteiger charge is -2.39. The summed E-state index contributed by atoms with van der Waals surface area (Å²) in [4.78, 5) is 42.2. The summed E-state index contributed by atoms with van der Waals surface area (Å²) in [5.74, 6) is 0.0683. The Labute approximate surface area is 239 Å². The van der Waals surface area contributed by atoms with Crippen LogP contribution in [0.2, 0.25) is 0 Å². The lowest BCUT2D eigenvalue weighted by atomic mass is 9.88. The number of likely N-dealkylation sites (N-methyl/N-ethyl adjacent to an activating group) is 1. The number of nitrogens with zero attached hydrogens (tertiary/aromatic N) is 1. The number of hydrogen-bond donors (Lipinski definition) is 3. The van der Waals surface area contributed by atoms with Crippen molar-refractivity contribution in [2.45, 2.75) is 89.9 Å². The van der Waals surface area contributed by atoms with Gasteiger partial charge in [-0.25, -0.2) is 0 Å². The zero-order valence-corrected chi connectivity index (χ0v) is 24.7. The van der Waals surface area contributed by atoms with Crippen molar-refractivity contribution in [3.8, 4) is 5.75 Å². The van der Waals surface area contributed by atoms with Crippen molar-refractivity contribution < 1.29 is 19.1 Å². The van der Waals surface area contributed by atoms with Gasteiger partial charge in [0.15, 0.2) is 0 Å². The van der Waals surface area contributed by atoms with Crippen LogP contribution in [0.4, 0.5) is 0 Å². The molecule has 0 aromatic heterocycles. The normalized spacial score (nSPS) is 25.6. The minimum atomic E-state index is -0.832. The van der Waals surface area contributed by atoms with Gasteiger partial charge in [0.1, 0.15) is 23.9 Å². The van der Waals surface area contributed by atoms with Crippen molar-refractivity contribution in [3.05, 3.63) is 65.7 Å². The van der Waals surface area contributed by atoms with E-state index >= 15 is 0 Å². The van der Waals surface area contributed by atoms with Gasteiger partial charge in [-0.2, -0.15) is 0 Å². The smallest absolute Gasteiger partial charge is 0.243 e. The van der Waals surface area contributed by atoms with E-state index in [-0.39, 0.29) is 23.8 Å². The first-order chi connectivity index (χ1) is 19.2. The molecular weight excluding hydrogens is 504 g/mol. The topological polar surface area (TPSA) is 99.8 Å². The highest BCUT2D eigenvalue weighted by molar-refractivity contribution is 5.94. The van der Waals surface area contributed by atoms with Crippen LogP contribution in [0.25, 0.3) is 0 Å². The number of para-hydroxylation sites is 1.